The van der Waals surface area contributed by atoms with Crippen LogP contribution >= 0.6 is 34.8 Å². The summed E-state index contributed by atoms with van der Waals surface area (Å²) in [6.07, 6.45) is 1.91. The Morgan fingerprint density at radius 3 is 2.71 bits per heavy atom. The van der Waals surface area contributed by atoms with E-state index in [1.807, 2.05) is 10.8 Å². The van der Waals surface area contributed by atoms with Crippen LogP contribution in [0.5, 0.6) is 0 Å². The van der Waals surface area contributed by atoms with Crippen LogP contribution in [0.3, 0.4) is 0 Å². The van der Waals surface area contributed by atoms with Crippen LogP contribution in [-0.4, -0.2) is 9.55 Å². The fourth-order valence-corrected chi connectivity index (χ4v) is 2.70. The Morgan fingerprint density at radius 1 is 1.41 bits per heavy atom. The lowest BCUT2D eigenvalue weighted by Gasteiger charge is -2.12. The number of hydrogen-bond acceptors (Lipinski definition) is 1. The Bertz CT molecular complexity index is 601. The molecular formula is C12H12FIN2S. The van der Waals surface area contributed by atoms with Gasteiger partial charge in [0.25, 0.3) is 0 Å². The van der Waals surface area contributed by atoms with E-state index in [1.165, 1.54) is 12.1 Å². The number of aromatic nitrogens is 2. The second-order valence-corrected chi connectivity index (χ2v) is 5.65. The maximum atomic E-state index is 13.1. The fourth-order valence-electron chi connectivity index (χ4n) is 1.72. The first kappa shape index (κ1) is 12.8. The lowest BCUT2D eigenvalue weighted by molar-refractivity contribution is 0.626. The monoisotopic (exact) mass is 362 g/mol. The van der Waals surface area contributed by atoms with Gasteiger partial charge in [0.1, 0.15) is 5.82 Å². The molecule has 0 aliphatic rings. The minimum atomic E-state index is -0.230. The zero-order chi connectivity index (χ0) is 12.6. The van der Waals surface area contributed by atoms with Crippen molar-refractivity contribution in [2.75, 3.05) is 0 Å². The summed E-state index contributed by atoms with van der Waals surface area (Å²) in [5.41, 5.74) is 2.02. The van der Waals surface area contributed by atoms with Gasteiger partial charge < -0.3 is 4.98 Å². The molecule has 1 N–H and O–H groups in total. The van der Waals surface area contributed by atoms with E-state index >= 15 is 0 Å². The first-order valence-corrected chi connectivity index (χ1v) is 6.75. The van der Waals surface area contributed by atoms with Crippen LogP contribution in [-0.2, 0) is 0 Å². The Hall–Kier alpha value is -0.690. The second kappa shape index (κ2) is 4.89. The third-order valence-electron chi connectivity index (χ3n) is 2.55. The van der Waals surface area contributed by atoms with E-state index in [0.717, 1.165) is 15.0 Å². The molecule has 0 fully saturated rings. The zero-order valence-electron chi connectivity index (χ0n) is 9.50. The molecule has 2 nitrogen and oxygen atoms in total. The number of benzene rings is 1. The Morgan fingerprint density at radius 2 is 2.12 bits per heavy atom. The largest absolute Gasteiger partial charge is 0.337 e. The quantitative estimate of drug-likeness (QED) is 0.620. The molecule has 0 spiro atoms. The van der Waals surface area contributed by atoms with Crippen molar-refractivity contribution in [3.63, 3.8) is 0 Å². The minimum absolute atomic E-state index is 0.230. The highest BCUT2D eigenvalue weighted by Crippen LogP contribution is 2.24. The maximum Gasteiger partial charge on any atom is 0.182 e. The fraction of sp³-hybridized carbons (Fsp3) is 0.250. The molecule has 0 radical (unpaired) electrons. The average Bonchev–Trinajstić information content (AvgIpc) is 2.60. The van der Waals surface area contributed by atoms with Gasteiger partial charge in [-0.1, -0.05) is 13.8 Å². The lowest BCUT2D eigenvalue weighted by Crippen LogP contribution is -2.04. The molecule has 0 unspecified atom stereocenters. The Kier molecular flexibility index (Phi) is 3.67. The van der Waals surface area contributed by atoms with Crippen LogP contribution in [0.4, 0.5) is 4.39 Å². The predicted molar refractivity (Wildman–Crippen MR) is 77.7 cm³/mol. The zero-order valence-corrected chi connectivity index (χ0v) is 12.5. The van der Waals surface area contributed by atoms with Gasteiger partial charge in [0, 0.05) is 15.5 Å². The van der Waals surface area contributed by atoms with E-state index in [2.05, 4.69) is 41.4 Å². The summed E-state index contributed by atoms with van der Waals surface area (Å²) in [4.78, 5) is 3.04. The number of halogens is 2. The predicted octanol–water partition coefficient (Wildman–Crippen LogP) is 4.40. The van der Waals surface area contributed by atoms with Gasteiger partial charge in [-0.05, 0) is 58.9 Å². The number of nitrogens with one attached hydrogen (secondary N) is 1. The number of H-pyrrole nitrogens is 1. The number of imidazole rings is 1. The van der Waals surface area contributed by atoms with Crippen molar-refractivity contribution in [1.29, 1.82) is 0 Å². The summed E-state index contributed by atoms with van der Waals surface area (Å²) in [6.45, 7) is 4.20. The minimum Gasteiger partial charge on any atom is -0.337 e. The van der Waals surface area contributed by atoms with Crippen molar-refractivity contribution in [2.45, 2.75) is 19.8 Å². The number of rotatable bonds is 2. The van der Waals surface area contributed by atoms with Crippen molar-refractivity contribution < 1.29 is 4.39 Å². The van der Waals surface area contributed by atoms with Gasteiger partial charge in [-0.25, -0.2) is 4.39 Å². The van der Waals surface area contributed by atoms with Gasteiger partial charge >= 0.3 is 0 Å². The van der Waals surface area contributed by atoms with E-state index in [0.29, 0.717) is 10.7 Å². The number of nitrogens with zero attached hydrogens (tertiary/aromatic N) is 1. The van der Waals surface area contributed by atoms with Crippen LogP contribution in [0.1, 0.15) is 25.5 Å². The molecule has 0 amide bonds. The molecule has 0 bridgehead atoms. The highest BCUT2D eigenvalue weighted by Gasteiger charge is 2.12. The molecule has 90 valence electrons. The Balaban J connectivity index is 2.68. The summed E-state index contributed by atoms with van der Waals surface area (Å²) >= 11 is 7.40. The molecule has 0 saturated heterocycles. The molecule has 2 rings (SSSR count). The average molecular weight is 362 g/mol. The molecular weight excluding hydrogens is 350 g/mol. The van der Waals surface area contributed by atoms with E-state index in [9.17, 15) is 4.39 Å². The molecule has 1 aromatic heterocycles. The first-order chi connectivity index (χ1) is 8.00. The summed E-state index contributed by atoms with van der Waals surface area (Å²) in [6, 6.07) is 4.72. The van der Waals surface area contributed by atoms with Gasteiger partial charge in [-0.2, -0.15) is 0 Å². The normalized spacial score (nSPS) is 11.1. The second-order valence-electron chi connectivity index (χ2n) is 4.10. The summed E-state index contributed by atoms with van der Waals surface area (Å²) in [5, 5.41) is 0. The van der Waals surface area contributed by atoms with Crippen LogP contribution in [0.15, 0.2) is 24.4 Å². The summed E-state index contributed by atoms with van der Waals surface area (Å²) in [7, 11) is 0. The van der Waals surface area contributed by atoms with Crippen LogP contribution in [0, 0.1) is 14.2 Å². The van der Waals surface area contributed by atoms with Gasteiger partial charge in [0.15, 0.2) is 4.77 Å². The topological polar surface area (TPSA) is 20.7 Å². The highest BCUT2D eigenvalue weighted by molar-refractivity contribution is 14.1. The van der Waals surface area contributed by atoms with E-state index < -0.39 is 0 Å². The van der Waals surface area contributed by atoms with Crippen molar-refractivity contribution in [2.24, 2.45) is 0 Å². The summed E-state index contributed by atoms with van der Waals surface area (Å²) < 4.78 is 16.5. The third-order valence-corrected chi connectivity index (χ3v) is 3.71. The number of hydrogen-bond donors (Lipinski definition) is 1. The molecule has 1 heterocycles. The van der Waals surface area contributed by atoms with Crippen molar-refractivity contribution in [1.82, 2.24) is 9.55 Å². The van der Waals surface area contributed by atoms with E-state index in [-0.39, 0.29) is 5.82 Å². The van der Waals surface area contributed by atoms with Gasteiger partial charge in [0.05, 0.1) is 5.69 Å². The smallest absolute Gasteiger partial charge is 0.182 e. The summed E-state index contributed by atoms with van der Waals surface area (Å²) in [5.74, 6) is 0.120. The highest BCUT2D eigenvalue weighted by atomic mass is 127. The molecule has 5 heteroatoms. The van der Waals surface area contributed by atoms with Gasteiger partial charge in [-0.15, -0.1) is 0 Å². The molecule has 0 aliphatic heterocycles. The molecule has 2 aromatic rings. The molecule has 17 heavy (non-hydrogen) atoms. The SMILES string of the molecule is CC(C)c1c[nH]c(=S)n1-c1ccc(F)cc1I. The van der Waals surface area contributed by atoms with Crippen molar-refractivity contribution in [3.8, 4) is 5.69 Å². The van der Waals surface area contributed by atoms with Gasteiger partial charge in [0.2, 0.25) is 0 Å². The van der Waals surface area contributed by atoms with Crippen LogP contribution in [0.25, 0.3) is 5.69 Å². The first-order valence-electron chi connectivity index (χ1n) is 5.26. The van der Waals surface area contributed by atoms with E-state index in [1.54, 1.807) is 6.07 Å². The van der Waals surface area contributed by atoms with Crippen molar-refractivity contribution in [3.05, 3.63) is 44.2 Å². The Labute approximate surface area is 118 Å². The van der Waals surface area contributed by atoms with Crippen molar-refractivity contribution >= 4 is 34.8 Å². The van der Waals surface area contributed by atoms with Crippen LogP contribution in [0.2, 0.25) is 0 Å². The standard InChI is InChI=1S/C12H12FIN2S/c1-7(2)11-6-15-12(17)16(11)10-4-3-8(13)5-9(10)14/h3-7H,1-2H3,(H,15,17). The van der Waals surface area contributed by atoms with Gasteiger partial charge in [-0.3, -0.25) is 4.57 Å². The molecule has 0 atom stereocenters. The van der Waals surface area contributed by atoms with E-state index in [4.69, 9.17) is 12.2 Å². The molecule has 1 aromatic carbocycles. The third kappa shape index (κ3) is 2.44. The maximum absolute atomic E-state index is 13.1. The molecule has 0 aliphatic carbocycles. The van der Waals surface area contributed by atoms with Crippen LogP contribution < -0.4 is 0 Å². The lowest BCUT2D eigenvalue weighted by atomic mass is 10.1. The molecule has 0 saturated carbocycles. The number of aromatic amines is 1.